The molecular formula is C13H16INO3S. The van der Waals surface area contributed by atoms with Crippen LogP contribution in [0.25, 0.3) is 0 Å². The van der Waals surface area contributed by atoms with Gasteiger partial charge in [-0.1, -0.05) is 0 Å². The van der Waals surface area contributed by atoms with Gasteiger partial charge < -0.3 is 14.7 Å². The predicted octanol–water partition coefficient (Wildman–Crippen LogP) is 3.28. The molecule has 0 unspecified atom stereocenters. The van der Waals surface area contributed by atoms with E-state index in [1.807, 2.05) is 6.92 Å². The van der Waals surface area contributed by atoms with E-state index in [1.54, 1.807) is 11.3 Å². The molecule has 2 aliphatic rings. The molecule has 1 saturated heterocycles. The number of halogens is 1. The van der Waals surface area contributed by atoms with E-state index in [0.29, 0.717) is 6.54 Å². The van der Waals surface area contributed by atoms with E-state index in [9.17, 15) is 9.90 Å². The van der Waals surface area contributed by atoms with E-state index in [2.05, 4.69) is 28.7 Å². The second-order valence-electron chi connectivity index (χ2n) is 5.28. The van der Waals surface area contributed by atoms with Crippen LogP contribution in [0.15, 0.2) is 6.07 Å². The number of carbonyl (C=O) groups is 1. The lowest BCUT2D eigenvalue weighted by molar-refractivity contribution is -0.104. The highest BCUT2D eigenvalue weighted by atomic mass is 127. The summed E-state index contributed by atoms with van der Waals surface area (Å²) in [5.74, 6) is 0. The summed E-state index contributed by atoms with van der Waals surface area (Å²) in [7, 11) is 0. The molecule has 4 nitrogen and oxygen atoms in total. The maximum atomic E-state index is 11.2. The van der Waals surface area contributed by atoms with E-state index in [4.69, 9.17) is 4.74 Å². The van der Waals surface area contributed by atoms with Crippen LogP contribution in [0.1, 0.15) is 30.2 Å². The van der Waals surface area contributed by atoms with Crippen molar-refractivity contribution in [2.24, 2.45) is 0 Å². The molecule has 1 spiro atoms. The Morgan fingerprint density at radius 2 is 2.47 bits per heavy atom. The zero-order valence-electron chi connectivity index (χ0n) is 10.7. The molecule has 6 heteroatoms. The minimum Gasteiger partial charge on any atom is -0.465 e. The quantitative estimate of drug-likeness (QED) is 0.689. The highest BCUT2D eigenvalue weighted by Gasteiger charge is 2.45. The number of amides is 1. The number of hydrogen-bond donors (Lipinski definition) is 1. The monoisotopic (exact) mass is 393 g/mol. The number of hydrogen-bond acceptors (Lipinski definition) is 3. The summed E-state index contributed by atoms with van der Waals surface area (Å²) in [5.41, 5.74) is 1.16. The van der Waals surface area contributed by atoms with Crippen LogP contribution in [0, 0.1) is 2.88 Å². The van der Waals surface area contributed by atoms with Gasteiger partial charge in [-0.3, -0.25) is 0 Å². The summed E-state index contributed by atoms with van der Waals surface area (Å²) >= 11 is 4.16. The Bertz CT molecular complexity index is 518. The van der Waals surface area contributed by atoms with Gasteiger partial charge >= 0.3 is 6.09 Å². The van der Waals surface area contributed by atoms with Crippen molar-refractivity contribution >= 4 is 40.0 Å². The molecule has 0 bridgehead atoms. The average Bonchev–Trinajstić information content (AvgIpc) is 2.71. The Morgan fingerprint density at radius 1 is 1.68 bits per heavy atom. The summed E-state index contributed by atoms with van der Waals surface area (Å²) < 4.78 is 7.42. The Labute approximate surface area is 129 Å². The first-order valence-corrected chi connectivity index (χ1v) is 8.33. The van der Waals surface area contributed by atoms with Gasteiger partial charge in [-0.15, -0.1) is 11.3 Å². The van der Waals surface area contributed by atoms with Crippen LogP contribution in [0.5, 0.6) is 0 Å². The molecule has 0 saturated carbocycles. The lowest BCUT2D eigenvalue weighted by Crippen LogP contribution is -2.51. The van der Waals surface area contributed by atoms with E-state index in [0.717, 1.165) is 25.9 Å². The zero-order valence-corrected chi connectivity index (χ0v) is 13.7. The molecule has 104 valence electrons. The third kappa shape index (κ3) is 2.27. The van der Waals surface area contributed by atoms with Gasteiger partial charge in [0.25, 0.3) is 0 Å². The van der Waals surface area contributed by atoms with Gasteiger partial charge in [-0.25, -0.2) is 4.79 Å². The van der Waals surface area contributed by atoms with E-state index in [-0.39, 0.29) is 11.6 Å². The van der Waals surface area contributed by atoms with E-state index < -0.39 is 6.09 Å². The van der Waals surface area contributed by atoms with Crippen LogP contribution in [0.3, 0.4) is 0 Å². The maximum Gasteiger partial charge on any atom is 0.407 e. The second kappa shape index (κ2) is 4.89. The van der Waals surface area contributed by atoms with Crippen LogP contribution in [0.4, 0.5) is 4.79 Å². The summed E-state index contributed by atoms with van der Waals surface area (Å²) in [6.07, 6.45) is 1.70. The summed E-state index contributed by atoms with van der Waals surface area (Å²) in [5, 5.41) is 9.18. The first kappa shape index (κ1) is 13.6. The lowest BCUT2D eigenvalue weighted by Gasteiger charge is -2.46. The van der Waals surface area contributed by atoms with Gasteiger partial charge in [0.05, 0.1) is 9.49 Å². The molecule has 0 aliphatic carbocycles. The molecule has 2 atom stereocenters. The third-order valence-electron chi connectivity index (χ3n) is 4.10. The SMILES string of the molecule is C[C@H]1C[C@@]2(CCN1C(=O)O)OCCc1cc(I)sc12. The van der Waals surface area contributed by atoms with Crippen LogP contribution < -0.4 is 0 Å². The number of rotatable bonds is 0. The maximum absolute atomic E-state index is 11.2. The molecule has 1 amide bonds. The number of nitrogens with zero attached hydrogens (tertiary/aromatic N) is 1. The predicted molar refractivity (Wildman–Crippen MR) is 81.8 cm³/mol. The van der Waals surface area contributed by atoms with Crippen molar-refractivity contribution in [1.29, 1.82) is 0 Å². The summed E-state index contributed by atoms with van der Waals surface area (Å²) in [4.78, 5) is 14.0. The molecule has 0 radical (unpaired) electrons. The molecular weight excluding hydrogens is 377 g/mol. The Kier molecular flexibility index (Phi) is 3.51. The van der Waals surface area contributed by atoms with Crippen molar-refractivity contribution in [3.63, 3.8) is 0 Å². The van der Waals surface area contributed by atoms with Gasteiger partial charge in [0.1, 0.15) is 5.60 Å². The minimum absolute atomic E-state index is 0.0111. The molecule has 1 aromatic rings. The van der Waals surface area contributed by atoms with Crippen molar-refractivity contribution in [1.82, 2.24) is 4.90 Å². The van der Waals surface area contributed by atoms with Gasteiger partial charge in [-0.05, 0) is 54.0 Å². The molecule has 3 heterocycles. The fourth-order valence-electron chi connectivity index (χ4n) is 3.22. The fourth-order valence-corrected chi connectivity index (χ4v) is 5.38. The van der Waals surface area contributed by atoms with Gasteiger partial charge in [-0.2, -0.15) is 0 Å². The molecule has 3 rings (SSSR count). The van der Waals surface area contributed by atoms with Crippen molar-refractivity contribution in [2.75, 3.05) is 13.2 Å². The summed E-state index contributed by atoms with van der Waals surface area (Å²) in [6, 6.07) is 2.26. The second-order valence-corrected chi connectivity index (χ2v) is 8.22. The Balaban J connectivity index is 1.92. The lowest BCUT2D eigenvalue weighted by atomic mass is 9.82. The van der Waals surface area contributed by atoms with E-state index >= 15 is 0 Å². The van der Waals surface area contributed by atoms with Crippen LogP contribution in [-0.4, -0.2) is 35.3 Å². The first-order chi connectivity index (χ1) is 9.02. The molecule has 19 heavy (non-hydrogen) atoms. The van der Waals surface area contributed by atoms with Gasteiger partial charge in [0, 0.05) is 23.9 Å². The van der Waals surface area contributed by atoms with Crippen molar-refractivity contribution in [2.45, 2.75) is 37.8 Å². The number of carboxylic acid groups (broad SMARTS) is 1. The highest BCUT2D eigenvalue weighted by molar-refractivity contribution is 14.1. The molecule has 0 aromatic carbocycles. The zero-order chi connectivity index (χ0) is 13.6. The standard InChI is InChI=1S/C13H16INO3S/c1-8-7-13(3-4-15(8)12(16)17)11-9(2-5-18-13)6-10(14)19-11/h6,8H,2-5,7H2,1H3,(H,16,17)/t8-,13+/m0/s1. The molecule has 1 N–H and O–H groups in total. The number of thiophene rings is 1. The largest absolute Gasteiger partial charge is 0.465 e. The fraction of sp³-hybridized carbons (Fsp3) is 0.615. The smallest absolute Gasteiger partial charge is 0.407 e. The molecule has 2 aliphatic heterocycles. The number of piperidine rings is 1. The average molecular weight is 393 g/mol. The van der Waals surface area contributed by atoms with E-state index in [1.165, 1.54) is 18.2 Å². The normalized spacial score (nSPS) is 30.4. The van der Waals surface area contributed by atoms with Gasteiger partial charge in [0.2, 0.25) is 0 Å². The number of likely N-dealkylation sites (tertiary alicyclic amines) is 1. The van der Waals surface area contributed by atoms with Crippen molar-refractivity contribution in [3.05, 3.63) is 19.4 Å². The first-order valence-electron chi connectivity index (χ1n) is 6.44. The van der Waals surface area contributed by atoms with Crippen LogP contribution in [0.2, 0.25) is 0 Å². The Hall–Kier alpha value is -0.340. The third-order valence-corrected chi connectivity index (χ3v) is 6.23. The van der Waals surface area contributed by atoms with Crippen LogP contribution in [-0.2, 0) is 16.8 Å². The minimum atomic E-state index is -0.820. The Morgan fingerprint density at radius 3 is 3.16 bits per heavy atom. The van der Waals surface area contributed by atoms with Gasteiger partial charge in [0.15, 0.2) is 0 Å². The number of ether oxygens (including phenoxy) is 1. The van der Waals surface area contributed by atoms with Crippen molar-refractivity contribution in [3.8, 4) is 0 Å². The molecule has 1 aromatic heterocycles. The van der Waals surface area contributed by atoms with Crippen molar-refractivity contribution < 1.29 is 14.6 Å². The topological polar surface area (TPSA) is 49.8 Å². The number of fused-ring (bicyclic) bond motifs is 2. The highest BCUT2D eigenvalue weighted by Crippen LogP contribution is 2.47. The summed E-state index contributed by atoms with van der Waals surface area (Å²) in [6.45, 7) is 3.29. The molecule has 1 fully saturated rings. The van der Waals surface area contributed by atoms with Crippen LogP contribution >= 0.6 is 33.9 Å².